The van der Waals surface area contributed by atoms with Gasteiger partial charge in [-0.2, -0.15) is 0 Å². The molecule has 0 fully saturated rings. The quantitative estimate of drug-likeness (QED) is 0.515. The van der Waals surface area contributed by atoms with Crippen molar-refractivity contribution in [2.75, 3.05) is 32.1 Å². The Morgan fingerprint density at radius 1 is 1.33 bits per heavy atom. The maximum Gasteiger partial charge on any atom is 0.433 e. The summed E-state index contributed by atoms with van der Waals surface area (Å²) in [5.74, 6) is -0.951. The molecule has 0 aliphatic carbocycles. The van der Waals surface area contributed by atoms with Crippen molar-refractivity contribution >= 4 is 38.5 Å². The lowest BCUT2D eigenvalue weighted by atomic mass is 10.1. The molecule has 0 saturated heterocycles. The maximum absolute atomic E-state index is 13.0. The number of aryl methyl sites for hydroxylation is 2. The highest BCUT2D eigenvalue weighted by Crippen LogP contribution is 2.33. The van der Waals surface area contributed by atoms with Gasteiger partial charge < -0.3 is 9.32 Å². The molecule has 0 aliphatic heterocycles. The molecule has 1 N–H and O–H groups in total. The van der Waals surface area contributed by atoms with Crippen molar-refractivity contribution < 1.29 is 19.0 Å². The second-order valence-corrected chi connectivity index (χ2v) is 7.71. The number of furan rings is 1. The van der Waals surface area contributed by atoms with E-state index in [1.165, 1.54) is 33.3 Å². The molecule has 0 unspecified atom stereocenters. The van der Waals surface area contributed by atoms with Gasteiger partial charge in [-0.25, -0.2) is 4.98 Å². The Bertz CT molecular complexity index is 1010. The number of carbonyl (C=O) groups excluding carboxylic acids is 1. The number of rotatable bonds is 6. The van der Waals surface area contributed by atoms with Gasteiger partial charge in [0.1, 0.15) is 4.92 Å². The average Bonchev–Trinajstić information content (AvgIpc) is 3.21. The fourth-order valence-electron chi connectivity index (χ4n) is 2.77. The van der Waals surface area contributed by atoms with E-state index in [1.807, 2.05) is 34.0 Å². The number of amides is 1. The summed E-state index contributed by atoms with van der Waals surface area (Å²) >= 11 is 1.44. The lowest BCUT2D eigenvalue weighted by molar-refractivity contribution is -0.856. The van der Waals surface area contributed by atoms with E-state index in [1.54, 1.807) is 0 Å². The molecule has 9 heteroatoms. The van der Waals surface area contributed by atoms with Gasteiger partial charge in [0.15, 0.2) is 10.9 Å². The highest BCUT2D eigenvalue weighted by Gasteiger charge is 2.26. The Kier molecular flexibility index (Phi) is 5.24. The zero-order chi connectivity index (χ0) is 19.7. The van der Waals surface area contributed by atoms with Crippen molar-refractivity contribution in [3.8, 4) is 0 Å². The van der Waals surface area contributed by atoms with Gasteiger partial charge in [0.05, 0.1) is 43.5 Å². The lowest BCUT2D eigenvalue weighted by Gasteiger charge is -2.19. The van der Waals surface area contributed by atoms with E-state index in [2.05, 4.69) is 11.1 Å². The molecular formula is C18H21N4O4S+. The normalized spacial score (nSPS) is 11.3. The Morgan fingerprint density at radius 3 is 2.70 bits per heavy atom. The van der Waals surface area contributed by atoms with E-state index in [-0.39, 0.29) is 5.76 Å². The number of fused-ring (bicyclic) bond motifs is 1. The summed E-state index contributed by atoms with van der Waals surface area (Å²) in [6.45, 7) is 5.14. The van der Waals surface area contributed by atoms with Crippen LogP contribution in [-0.4, -0.2) is 43.0 Å². The molecule has 3 rings (SSSR count). The first-order valence-corrected chi connectivity index (χ1v) is 9.31. The first-order valence-electron chi connectivity index (χ1n) is 8.49. The molecule has 1 amide bonds. The maximum atomic E-state index is 13.0. The molecule has 2 heterocycles. The van der Waals surface area contributed by atoms with Crippen LogP contribution in [0.15, 0.2) is 28.7 Å². The van der Waals surface area contributed by atoms with Crippen LogP contribution in [0.2, 0.25) is 0 Å². The van der Waals surface area contributed by atoms with E-state index in [9.17, 15) is 14.9 Å². The third-order valence-electron chi connectivity index (χ3n) is 4.10. The first-order chi connectivity index (χ1) is 12.8. The number of nitrogens with zero attached hydrogens (tertiary/aromatic N) is 3. The minimum atomic E-state index is -0.658. The van der Waals surface area contributed by atoms with Crippen LogP contribution in [0.1, 0.15) is 21.7 Å². The number of likely N-dealkylation sites (N-methyl/N-ethyl adjacent to an activating group) is 1. The van der Waals surface area contributed by atoms with Gasteiger partial charge in [-0.05, 0) is 37.1 Å². The first kappa shape index (κ1) is 19.0. The molecular weight excluding hydrogens is 368 g/mol. The summed E-state index contributed by atoms with van der Waals surface area (Å²) in [5.41, 5.74) is 3.05. The van der Waals surface area contributed by atoms with Gasteiger partial charge in [0.2, 0.25) is 0 Å². The Labute approximate surface area is 160 Å². The molecule has 1 aromatic carbocycles. The van der Waals surface area contributed by atoms with Crippen molar-refractivity contribution in [2.24, 2.45) is 0 Å². The standard InChI is InChI=1S/C18H20N4O4S/c1-11-9-12(2)16-13(10-11)19-18(27-16)21(8-7-20(3)4)17(23)14-5-6-15(26-14)22(24)25/h5-6,9-10H,7-8H2,1-4H3/p+1. The molecule has 142 valence electrons. The summed E-state index contributed by atoms with van der Waals surface area (Å²) in [6, 6.07) is 6.59. The van der Waals surface area contributed by atoms with Crippen molar-refractivity contribution in [1.29, 1.82) is 0 Å². The second-order valence-electron chi connectivity index (χ2n) is 6.74. The van der Waals surface area contributed by atoms with Gasteiger partial charge in [0.25, 0.3) is 5.91 Å². The molecule has 0 atom stereocenters. The van der Waals surface area contributed by atoms with Crippen molar-refractivity contribution in [2.45, 2.75) is 13.8 Å². The van der Waals surface area contributed by atoms with E-state index in [0.29, 0.717) is 18.2 Å². The number of anilines is 1. The summed E-state index contributed by atoms with van der Waals surface area (Å²) < 4.78 is 6.14. The number of aromatic nitrogens is 1. The summed E-state index contributed by atoms with van der Waals surface area (Å²) in [5, 5.41) is 11.4. The van der Waals surface area contributed by atoms with Crippen LogP contribution in [0.4, 0.5) is 11.0 Å². The van der Waals surface area contributed by atoms with Gasteiger partial charge in [-0.3, -0.25) is 19.8 Å². The zero-order valence-corrected chi connectivity index (χ0v) is 16.4. The van der Waals surface area contributed by atoms with Gasteiger partial charge in [-0.1, -0.05) is 17.4 Å². The Morgan fingerprint density at radius 2 is 2.07 bits per heavy atom. The minimum Gasteiger partial charge on any atom is -0.395 e. The highest BCUT2D eigenvalue weighted by molar-refractivity contribution is 7.22. The van der Waals surface area contributed by atoms with E-state index >= 15 is 0 Å². The van der Waals surface area contributed by atoms with Crippen LogP contribution in [-0.2, 0) is 0 Å². The fourth-order valence-corrected chi connectivity index (χ4v) is 3.81. The highest BCUT2D eigenvalue weighted by atomic mass is 32.1. The van der Waals surface area contributed by atoms with Gasteiger partial charge >= 0.3 is 5.88 Å². The van der Waals surface area contributed by atoms with E-state index in [4.69, 9.17) is 4.42 Å². The topological polar surface area (TPSA) is 93.9 Å². The zero-order valence-electron chi connectivity index (χ0n) is 15.6. The number of carbonyl (C=O) groups is 1. The van der Waals surface area contributed by atoms with Gasteiger partial charge in [-0.15, -0.1) is 0 Å². The van der Waals surface area contributed by atoms with Crippen molar-refractivity contribution in [1.82, 2.24) is 4.98 Å². The number of thiazole rings is 1. The largest absolute Gasteiger partial charge is 0.433 e. The van der Waals surface area contributed by atoms with E-state index in [0.717, 1.165) is 21.3 Å². The number of hydrogen-bond acceptors (Lipinski definition) is 6. The third-order valence-corrected chi connectivity index (χ3v) is 5.33. The van der Waals surface area contributed by atoms with E-state index < -0.39 is 16.7 Å². The molecule has 2 aromatic heterocycles. The predicted octanol–water partition coefficient (Wildman–Crippen LogP) is 2.21. The number of nitrogens with one attached hydrogen (secondary N) is 1. The molecule has 3 aromatic rings. The molecule has 0 radical (unpaired) electrons. The molecule has 0 aliphatic rings. The minimum absolute atomic E-state index is 0.0670. The molecule has 8 nitrogen and oxygen atoms in total. The summed E-state index contributed by atoms with van der Waals surface area (Å²) in [7, 11) is 3.98. The number of hydrogen-bond donors (Lipinski definition) is 1. The molecule has 0 saturated carbocycles. The van der Waals surface area contributed by atoms with Crippen LogP contribution in [0, 0.1) is 24.0 Å². The number of nitro groups is 1. The molecule has 0 bridgehead atoms. The van der Waals surface area contributed by atoms with Gasteiger partial charge in [0, 0.05) is 0 Å². The number of benzene rings is 1. The number of quaternary nitrogens is 1. The smallest absolute Gasteiger partial charge is 0.395 e. The van der Waals surface area contributed by atoms with Crippen LogP contribution >= 0.6 is 11.3 Å². The third kappa shape index (κ3) is 3.99. The summed E-state index contributed by atoms with van der Waals surface area (Å²) in [4.78, 5) is 30.5. The van der Waals surface area contributed by atoms with Crippen LogP contribution in [0.3, 0.4) is 0 Å². The molecule has 27 heavy (non-hydrogen) atoms. The van der Waals surface area contributed by atoms with Crippen LogP contribution in [0.25, 0.3) is 10.2 Å². The SMILES string of the molecule is Cc1cc(C)c2sc(N(CC[NH+](C)C)C(=O)c3ccc([N+](=O)[O-])o3)nc2c1. The molecule has 0 spiro atoms. The lowest BCUT2D eigenvalue weighted by Crippen LogP contribution is -3.06. The Hall–Kier alpha value is -2.78. The van der Waals surface area contributed by atoms with Crippen molar-refractivity contribution in [3.63, 3.8) is 0 Å². The predicted molar refractivity (Wildman–Crippen MR) is 104 cm³/mol. The Balaban J connectivity index is 2.01. The average molecular weight is 389 g/mol. The van der Waals surface area contributed by atoms with Crippen molar-refractivity contribution in [3.05, 3.63) is 51.3 Å². The van der Waals surface area contributed by atoms with Crippen LogP contribution < -0.4 is 9.80 Å². The fraction of sp³-hybridized carbons (Fsp3) is 0.333. The summed E-state index contributed by atoms with van der Waals surface area (Å²) in [6.07, 6.45) is 0. The monoisotopic (exact) mass is 389 g/mol. The van der Waals surface area contributed by atoms with Crippen LogP contribution in [0.5, 0.6) is 0 Å². The second kappa shape index (κ2) is 7.45.